The van der Waals surface area contributed by atoms with Crippen LogP contribution in [-0.2, 0) is 4.79 Å². The molecular weight excluding hydrogens is 354 g/mol. The summed E-state index contributed by atoms with van der Waals surface area (Å²) in [6.07, 6.45) is 0. The number of nitrogens with zero attached hydrogens (tertiary/aromatic N) is 2. The van der Waals surface area contributed by atoms with E-state index < -0.39 is 0 Å². The lowest BCUT2D eigenvalue weighted by Crippen LogP contribution is -2.64. The predicted octanol–water partition coefficient (Wildman–Crippen LogP) is 2.01. The van der Waals surface area contributed by atoms with Gasteiger partial charge in [0.15, 0.2) is 0 Å². The van der Waals surface area contributed by atoms with E-state index in [-0.39, 0.29) is 17.9 Å². The minimum Gasteiger partial charge on any atom is -0.494 e. The lowest BCUT2D eigenvalue weighted by atomic mass is 10.0. The highest BCUT2D eigenvalue weighted by atomic mass is 16.5. The smallest absolute Gasteiger partial charge is 0.253 e. The third-order valence-electron chi connectivity index (χ3n) is 5.37. The summed E-state index contributed by atoms with van der Waals surface area (Å²) in [5, 5.41) is 2.90. The van der Waals surface area contributed by atoms with Gasteiger partial charge in [-0.15, -0.1) is 0 Å². The van der Waals surface area contributed by atoms with Gasteiger partial charge in [0, 0.05) is 38.3 Å². The molecule has 146 valence electrons. The van der Waals surface area contributed by atoms with Gasteiger partial charge < -0.3 is 15.0 Å². The van der Waals surface area contributed by atoms with Gasteiger partial charge >= 0.3 is 0 Å². The Labute approximate surface area is 165 Å². The number of hydrogen-bond acceptors (Lipinski definition) is 4. The van der Waals surface area contributed by atoms with E-state index in [1.165, 1.54) is 0 Å². The molecule has 2 aliphatic rings. The maximum Gasteiger partial charge on any atom is 0.253 e. The minimum absolute atomic E-state index is 0.0187. The molecule has 0 aliphatic carbocycles. The van der Waals surface area contributed by atoms with Crippen LogP contribution < -0.4 is 10.1 Å². The van der Waals surface area contributed by atoms with Crippen LogP contribution in [0.25, 0.3) is 11.1 Å². The van der Waals surface area contributed by atoms with Gasteiger partial charge in [-0.25, -0.2) is 0 Å². The zero-order valence-electron chi connectivity index (χ0n) is 16.1. The molecule has 2 fully saturated rings. The van der Waals surface area contributed by atoms with Crippen LogP contribution in [0.4, 0.5) is 0 Å². The molecule has 6 heteroatoms. The first-order chi connectivity index (χ1) is 13.7. The second kappa shape index (κ2) is 8.02. The van der Waals surface area contributed by atoms with E-state index in [1.54, 1.807) is 4.90 Å². The first kappa shape index (κ1) is 18.5. The summed E-state index contributed by atoms with van der Waals surface area (Å²) in [7, 11) is 0. The van der Waals surface area contributed by atoms with Crippen molar-refractivity contribution < 1.29 is 14.3 Å². The zero-order valence-corrected chi connectivity index (χ0v) is 16.1. The summed E-state index contributed by atoms with van der Waals surface area (Å²) >= 11 is 0. The Balaban J connectivity index is 1.53. The number of amides is 2. The molecule has 0 saturated carbocycles. The number of piperazine rings is 2. The van der Waals surface area contributed by atoms with Gasteiger partial charge in [-0.05, 0) is 42.3 Å². The molecule has 2 saturated heterocycles. The average Bonchev–Trinajstić information content (AvgIpc) is 2.74. The predicted molar refractivity (Wildman–Crippen MR) is 107 cm³/mol. The molecule has 0 aromatic heterocycles. The van der Waals surface area contributed by atoms with Crippen molar-refractivity contribution in [3.05, 3.63) is 54.1 Å². The Morgan fingerprint density at radius 3 is 2.71 bits per heavy atom. The number of carbonyl (C=O) groups excluding carboxylic acids is 2. The summed E-state index contributed by atoms with van der Waals surface area (Å²) < 4.78 is 5.58. The fraction of sp³-hybridized carbons (Fsp3) is 0.364. The third-order valence-corrected chi connectivity index (χ3v) is 5.37. The van der Waals surface area contributed by atoms with E-state index in [2.05, 4.69) is 10.2 Å². The molecule has 2 aliphatic heterocycles. The number of hydrogen-bond donors (Lipinski definition) is 1. The van der Waals surface area contributed by atoms with Crippen molar-refractivity contribution in [2.45, 2.75) is 13.0 Å². The first-order valence-corrected chi connectivity index (χ1v) is 9.80. The van der Waals surface area contributed by atoms with Crippen molar-refractivity contribution in [3.8, 4) is 16.9 Å². The Hall–Kier alpha value is -2.86. The van der Waals surface area contributed by atoms with Crippen LogP contribution in [0.15, 0.2) is 48.5 Å². The van der Waals surface area contributed by atoms with Crippen molar-refractivity contribution in [2.24, 2.45) is 0 Å². The monoisotopic (exact) mass is 379 g/mol. The fourth-order valence-electron chi connectivity index (χ4n) is 3.91. The normalized spacial score (nSPS) is 19.7. The van der Waals surface area contributed by atoms with E-state index in [1.807, 2.05) is 55.5 Å². The van der Waals surface area contributed by atoms with Gasteiger partial charge in [-0.1, -0.05) is 24.3 Å². The van der Waals surface area contributed by atoms with Crippen LogP contribution in [0.3, 0.4) is 0 Å². The minimum atomic E-state index is -0.238. The maximum atomic E-state index is 13.1. The zero-order chi connectivity index (χ0) is 19.5. The number of rotatable bonds is 4. The van der Waals surface area contributed by atoms with Crippen LogP contribution in [0.1, 0.15) is 17.3 Å². The van der Waals surface area contributed by atoms with Gasteiger partial charge in [-0.3, -0.25) is 14.5 Å². The lowest BCUT2D eigenvalue weighted by molar-refractivity contribution is -0.131. The molecule has 6 nitrogen and oxygen atoms in total. The van der Waals surface area contributed by atoms with E-state index in [0.717, 1.165) is 30.0 Å². The summed E-state index contributed by atoms with van der Waals surface area (Å²) in [5.41, 5.74) is 2.63. The van der Waals surface area contributed by atoms with Crippen molar-refractivity contribution in [2.75, 3.05) is 39.3 Å². The molecule has 2 heterocycles. The molecule has 0 bridgehead atoms. The second-order valence-electron chi connectivity index (χ2n) is 7.14. The number of benzene rings is 2. The Morgan fingerprint density at radius 2 is 1.89 bits per heavy atom. The highest BCUT2D eigenvalue weighted by Gasteiger charge is 2.36. The molecule has 1 N–H and O–H groups in total. The molecule has 1 atom stereocenters. The summed E-state index contributed by atoms with van der Waals surface area (Å²) in [4.78, 5) is 29.2. The van der Waals surface area contributed by atoms with Crippen molar-refractivity contribution >= 4 is 11.8 Å². The summed E-state index contributed by atoms with van der Waals surface area (Å²) in [6.45, 7) is 5.93. The van der Waals surface area contributed by atoms with Crippen molar-refractivity contribution in [3.63, 3.8) is 0 Å². The van der Waals surface area contributed by atoms with Crippen molar-refractivity contribution in [1.29, 1.82) is 0 Å². The highest BCUT2D eigenvalue weighted by Crippen LogP contribution is 2.25. The fourth-order valence-corrected chi connectivity index (χ4v) is 3.91. The summed E-state index contributed by atoms with van der Waals surface area (Å²) in [6, 6.07) is 15.3. The third kappa shape index (κ3) is 3.73. The van der Waals surface area contributed by atoms with Crippen LogP contribution in [0.2, 0.25) is 0 Å². The molecule has 0 unspecified atom stereocenters. The van der Waals surface area contributed by atoms with Gasteiger partial charge in [0.1, 0.15) is 11.8 Å². The molecule has 28 heavy (non-hydrogen) atoms. The quantitative estimate of drug-likeness (QED) is 0.883. The standard InChI is InChI=1S/C22H25N3O3/c1-2-28-19-8-4-6-17(14-19)16-5-3-7-18(13-16)22(27)25-12-11-24-10-9-23-21(26)20(24)15-25/h3-8,13-14,20H,2,9-12,15H2,1H3,(H,23,26)/t20-/m0/s1. The maximum absolute atomic E-state index is 13.1. The van der Waals surface area contributed by atoms with Crippen molar-refractivity contribution in [1.82, 2.24) is 15.1 Å². The van der Waals surface area contributed by atoms with E-state index in [9.17, 15) is 9.59 Å². The molecule has 0 radical (unpaired) electrons. The Kier molecular flexibility index (Phi) is 5.30. The van der Waals surface area contributed by atoms with Crippen LogP contribution in [0, 0.1) is 0 Å². The molecule has 0 spiro atoms. The highest BCUT2D eigenvalue weighted by molar-refractivity contribution is 5.96. The van der Waals surface area contributed by atoms with E-state index in [4.69, 9.17) is 4.74 Å². The number of fused-ring (bicyclic) bond motifs is 1. The van der Waals surface area contributed by atoms with Gasteiger partial charge in [-0.2, -0.15) is 0 Å². The molecule has 2 aromatic rings. The van der Waals surface area contributed by atoms with Crippen LogP contribution in [-0.4, -0.2) is 67.0 Å². The summed E-state index contributed by atoms with van der Waals surface area (Å²) in [5.74, 6) is 0.808. The second-order valence-corrected chi connectivity index (χ2v) is 7.14. The van der Waals surface area contributed by atoms with Crippen LogP contribution in [0.5, 0.6) is 5.75 Å². The van der Waals surface area contributed by atoms with Gasteiger partial charge in [0.05, 0.1) is 6.61 Å². The first-order valence-electron chi connectivity index (χ1n) is 9.80. The molecule has 4 rings (SSSR count). The van der Waals surface area contributed by atoms with E-state index >= 15 is 0 Å². The number of carbonyl (C=O) groups is 2. The number of nitrogens with one attached hydrogen (secondary N) is 1. The largest absolute Gasteiger partial charge is 0.494 e. The number of ether oxygens (including phenoxy) is 1. The molecule has 2 amide bonds. The Bertz CT molecular complexity index is 883. The topological polar surface area (TPSA) is 61.9 Å². The van der Waals surface area contributed by atoms with Crippen LogP contribution >= 0.6 is 0 Å². The SMILES string of the molecule is CCOc1cccc(-c2cccc(C(=O)N3CCN4CCNC(=O)[C@@H]4C3)c2)c1. The Morgan fingerprint density at radius 1 is 1.11 bits per heavy atom. The van der Waals surface area contributed by atoms with Gasteiger partial charge in [0.2, 0.25) is 5.91 Å². The van der Waals surface area contributed by atoms with Gasteiger partial charge in [0.25, 0.3) is 5.91 Å². The lowest BCUT2D eigenvalue weighted by Gasteiger charge is -2.43. The van der Waals surface area contributed by atoms with E-state index in [0.29, 0.717) is 31.8 Å². The molecular formula is C22H25N3O3. The average molecular weight is 379 g/mol. The molecule has 2 aromatic carbocycles.